The number of fused-ring (bicyclic) bond motifs is 1. The van der Waals surface area contributed by atoms with Crippen LogP contribution in [0, 0.1) is 0 Å². The summed E-state index contributed by atoms with van der Waals surface area (Å²) in [6, 6.07) is 14.9. The number of anilines is 1. The summed E-state index contributed by atoms with van der Waals surface area (Å²) in [5, 5.41) is 6.77. The van der Waals surface area contributed by atoms with Gasteiger partial charge in [-0.2, -0.15) is 11.8 Å². The lowest BCUT2D eigenvalue weighted by Crippen LogP contribution is -2.37. The fourth-order valence-electron chi connectivity index (χ4n) is 3.47. The highest BCUT2D eigenvalue weighted by Crippen LogP contribution is 2.32. The Morgan fingerprint density at radius 2 is 1.73 bits per heavy atom. The van der Waals surface area contributed by atoms with Crippen LogP contribution in [-0.4, -0.2) is 50.9 Å². The van der Waals surface area contributed by atoms with Crippen molar-refractivity contribution in [2.75, 3.05) is 49.9 Å². The zero-order chi connectivity index (χ0) is 19.9. The molecule has 0 amide bonds. The Morgan fingerprint density at radius 3 is 2.50 bits per heavy atom. The molecule has 0 spiro atoms. The second-order valence-corrected chi connectivity index (χ2v) is 8.28. The molecule has 0 radical (unpaired) electrons. The van der Waals surface area contributed by atoms with Gasteiger partial charge in [-0.05, 0) is 41.8 Å². The number of nitrogens with one attached hydrogen (secondary N) is 2. The Labute approximate surface area is 199 Å². The van der Waals surface area contributed by atoms with Crippen molar-refractivity contribution in [3.63, 3.8) is 0 Å². The molecule has 2 aliphatic heterocycles. The molecule has 0 bridgehead atoms. The lowest BCUT2D eigenvalue weighted by Gasteiger charge is -2.28. The highest BCUT2D eigenvalue weighted by molar-refractivity contribution is 14.0. The minimum absolute atomic E-state index is 0. The van der Waals surface area contributed by atoms with Crippen molar-refractivity contribution < 1.29 is 9.47 Å². The van der Waals surface area contributed by atoms with Crippen LogP contribution in [0.5, 0.6) is 11.5 Å². The first kappa shape index (κ1) is 22.9. The largest absolute Gasteiger partial charge is 0.454 e. The molecular formula is C22H29IN4O2S. The van der Waals surface area contributed by atoms with E-state index < -0.39 is 0 Å². The molecule has 6 nitrogen and oxygen atoms in total. The molecule has 1 fully saturated rings. The van der Waals surface area contributed by atoms with Crippen LogP contribution in [0.25, 0.3) is 0 Å². The lowest BCUT2D eigenvalue weighted by molar-refractivity contribution is 0.174. The van der Waals surface area contributed by atoms with Crippen molar-refractivity contribution in [1.82, 2.24) is 10.6 Å². The van der Waals surface area contributed by atoms with Crippen LogP contribution in [0.3, 0.4) is 0 Å². The smallest absolute Gasteiger partial charge is 0.231 e. The van der Waals surface area contributed by atoms with Crippen molar-refractivity contribution in [2.24, 2.45) is 4.99 Å². The molecule has 0 saturated carbocycles. The average molecular weight is 540 g/mol. The lowest BCUT2D eigenvalue weighted by atomic mass is 10.1. The maximum absolute atomic E-state index is 5.44. The Kier molecular flexibility index (Phi) is 8.80. The van der Waals surface area contributed by atoms with Gasteiger partial charge in [-0.1, -0.05) is 18.2 Å². The first-order valence-corrected chi connectivity index (χ1v) is 11.2. The summed E-state index contributed by atoms with van der Waals surface area (Å²) in [5.41, 5.74) is 3.78. The first-order valence-electron chi connectivity index (χ1n) is 10.1. The van der Waals surface area contributed by atoms with Crippen LogP contribution in [0.15, 0.2) is 47.5 Å². The van der Waals surface area contributed by atoms with E-state index in [0.717, 1.165) is 50.1 Å². The van der Waals surface area contributed by atoms with Crippen molar-refractivity contribution in [3.05, 3.63) is 53.6 Å². The number of aliphatic imine (C=N–C) groups is 1. The molecule has 2 aromatic carbocycles. The van der Waals surface area contributed by atoms with E-state index in [0.29, 0.717) is 6.79 Å². The SMILES string of the molecule is CN=C(NCCc1ccc2c(c1)OCO2)NCc1ccc(N2CCSCC2)cc1.I. The normalized spacial score (nSPS) is 15.5. The summed E-state index contributed by atoms with van der Waals surface area (Å²) in [6.07, 6.45) is 0.889. The number of benzene rings is 2. The van der Waals surface area contributed by atoms with Crippen LogP contribution in [0.2, 0.25) is 0 Å². The molecule has 2 aromatic rings. The predicted molar refractivity (Wildman–Crippen MR) is 136 cm³/mol. The third-order valence-electron chi connectivity index (χ3n) is 5.14. The number of guanidine groups is 1. The quantitative estimate of drug-likeness (QED) is 0.333. The predicted octanol–water partition coefficient (Wildman–Crippen LogP) is 3.49. The van der Waals surface area contributed by atoms with E-state index in [4.69, 9.17) is 9.47 Å². The van der Waals surface area contributed by atoms with Gasteiger partial charge in [0.05, 0.1) is 0 Å². The molecule has 162 valence electrons. The number of ether oxygens (including phenoxy) is 2. The Bertz CT molecular complexity index is 842. The molecule has 0 aliphatic carbocycles. The second kappa shape index (κ2) is 11.5. The molecule has 0 atom stereocenters. The van der Waals surface area contributed by atoms with Crippen molar-refractivity contribution >= 4 is 47.4 Å². The highest BCUT2D eigenvalue weighted by Gasteiger charge is 2.13. The summed E-state index contributed by atoms with van der Waals surface area (Å²) in [4.78, 5) is 6.78. The number of rotatable bonds is 6. The van der Waals surface area contributed by atoms with E-state index in [2.05, 4.69) is 50.9 Å². The molecule has 2 aliphatic rings. The summed E-state index contributed by atoms with van der Waals surface area (Å²) in [5.74, 6) is 4.90. The fourth-order valence-corrected chi connectivity index (χ4v) is 4.38. The molecule has 2 N–H and O–H groups in total. The van der Waals surface area contributed by atoms with Gasteiger partial charge in [0.2, 0.25) is 6.79 Å². The zero-order valence-corrected chi connectivity index (χ0v) is 20.4. The minimum Gasteiger partial charge on any atom is -0.454 e. The molecule has 30 heavy (non-hydrogen) atoms. The third-order valence-corrected chi connectivity index (χ3v) is 6.08. The second-order valence-electron chi connectivity index (χ2n) is 7.06. The van der Waals surface area contributed by atoms with E-state index in [1.807, 2.05) is 23.9 Å². The van der Waals surface area contributed by atoms with Gasteiger partial charge in [-0.15, -0.1) is 24.0 Å². The van der Waals surface area contributed by atoms with Gasteiger partial charge in [0.25, 0.3) is 0 Å². The van der Waals surface area contributed by atoms with E-state index in [-0.39, 0.29) is 24.0 Å². The van der Waals surface area contributed by atoms with Crippen molar-refractivity contribution in [3.8, 4) is 11.5 Å². The molecule has 0 aromatic heterocycles. The third kappa shape index (κ3) is 6.10. The first-order chi connectivity index (χ1) is 14.3. The van der Waals surface area contributed by atoms with Crippen LogP contribution < -0.4 is 25.0 Å². The van der Waals surface area contributed by atoms with Gasteiger partial charge >= 0.3 is 0 Å². The summed E-state index contributed by atoms with van der Waals surface area (Å²) in [7, 11) is 1.80. The molecule has 8 heteroatoms. The summed E-state index contributed by atoms with van der Waals surface area (Å²) < 4.78 is 10.8. The van der Waals surface area contributed by atoms with Gasteiger partial charge in [0.1, 0.15) is 0 Å². The molecule has 4 rings (SSSR count). The topological polar surface area (TPSA) is 58.1 Å². The molecule has 2 heterocycles. The van der Waals surface area contributed by atoms with Crippen LogP contribution in [-0.2, 0) is 13.0 Å². The van der Waals surface area contributed by atoms with Gasteiger partial charge < -0.3 is 25.0 Å². The average Bonchev–Trinajstić information content (AvgIpc) is 3.25. The summed E-state index contributed by atoms with van der Waals surface area (Å²) >= 11 is 2.04. The van der Waals surface area contributed by atoms with Gasteiger partial charge in [0.15, 0.2) is 17.5 Å². The number of hydrogen-bond acceptors (Lipinski definition) is 5. The number of halogens is 1. The highest BCUT2D eigenvalue weighted by atomic mass is 127. The Balaban J connectivity index is 0.00000256. The van der Waals surface area contributed by atoms with Crippen LogP contribution >= 0.6 is 35.7 Å². The van der Waals surface area contributed by atoms with Gasteiger partial charge in [0, 0.05) is 50.4 Å². The van der Waals surface area contributed by atoms with E-state index >= 15 is 0 Å². The minimum atomic E-state index is 0. The maximum atomic E-state index is 5.44. The Hall–Kier alpha value is -1.81. The number of hydrogen-bond donors (Lipinski definition) is 2. The van der Waals surface area contributed by atoms with Crippen LogP contribution in [0.4, 0.5) is 5.69 Å². The molecule has 0 unspecified atom stereocenters. The van der Waals surface area contributed by atoms with E-state index in [1.165, 1.54) is 28.3 Å². The fraction of sp³-hybridized carbons (Fsp3) is 0.409. The van der Waals surface area contributed by atoms with E-state index in [1.54, 1.807) is 7.05 Å². The standard InChI is InChI=1S/C22H28N4O2S.HI/c1-23-22(24-9-8-17-4-7-20-21(14-17)28-16-27-20)25-15-18-2-5-19(6-3-18)26-10-12-29-13-11-26;/h2-7,14H,8-13,15-16H2,1H3,(H2,23,24,25);1H. The molecular weight excluding hydrogens is 511 g/mol. The number of nitrogens with zero attached hydrogens (tertiary/aromatic N) is 2. The van der Waals surface area contributed by atoms with E-state index in [9.17, 15) is 0 Å². The number of thioether (sulfide) groups is 1. The van der Waals surface area contributed by atoms with Crippen molar-refractivity contribution in [1.29, 1.82) is 0 Å². The van der Waals surface area contributed by atoms with Gasteiger partial charge in [-0.3, -0.25) is 4.99 Å². The van der Waals surface area contributed by atoms with Gasteiger partial charge in [-0.25, -0.2) is 0 Å². The van der Waals surface area contributed by atoms with Crippen LogP contribution in [0.1, 0.15) is 11.1 Å². The maximum Gasteiger partial charge on any atom is 0.231 e. The summed E-state index contributed by atoms with van der Waals surface area (Å²) in [6.45, 7) is 4.14. The Morgan fingerprint density at radius 1 is 1.00 bits per heavy atom. The van der Waals surface area contributed by atoms with Crippen molar-refractivity contribution in [2.45, 2.75) is 13.0 Å². The molecule has 1 saturated heterocycles. The monoisotopic (exact) mass is 540 g/mol. The zero-order valence-electron chi connectivity index (χ0n) is 17.2.